The Morgan fingerprint density at radius 3 is 2.24 bits per heavy atom. The zero-order valence-corrected chi connectivity index (χ0v) is 22.1. The second kappa shape index (κ2) is 9.49. The van der Waals surface area contributed by atoms with Gasteiger partial charge >= 0.3 is 0 Å². The molecular weight excluding hydrogens is 500 g/mol. The van der Waals surface area contributed by atoms with Gasteiger partial charge < -0.3 is 15.1 Å². The van der Waals surface area contributed by atoms with Crippen LogP contribution < -0.4 is 15.1 Å². The number of aryl methyl sites for hydroxylation is 1. The van der Waals surface area contributed by atoms with Crippen molar-refractivity contribution in [3.05, 3.63) is 41.1 Å². The molecule has 8 nitrogen and oxygen atoms in total. The van der Waals surface area contributed by atoms with Gasteiger partial charge in [0.15, 0.2) is 9.84 Å². The molecule has 200 valence electrons. The molecule has 37 heavy (non-hydrogen) atoms. The van der Waals surface area contributed by atoms with Crippen LogP contribution >= 0.6 is 0 Å². The molecule has 0 radical (unpaired) electrons. The quantitative estimate of drug-likeness (QED) is 0.595. The maximum absolute atomic E-state index is 13.6. The second-order valence-electron chi connectivity index (χ2n) is 10.9. The molecule has 3 aliphatic rings. The molecule has 1 aliphatic carbocycles. The van der Waals surface area contributed by atoms with Crippen molar-refractivity contribution in [1.29, 1.82) is 0 Å². The van der Waals surface area contributed by atoms with Gasteiger partial charge in [0.1, 0.15) is 5.82 Å². The molecule has 0 unspecified atom stereocenters. The molecule has 2 aliphatic heterocycles. The van der Waals surface area contributed by atoms with Gasteiger partial charge in [0, 0.05) is 62.7 Å². The summed E-state index contributed by atoms with van der Waals surface area (Å²) in [6, 6.07) is 6.81. The molecule has 1 aromatic heterocycles. The number of anilines is 3. The summed E-state index contributed by atoms with van der Waals surface area (Å²) in [6.07, 6.45) is 5.32. The van der Waals surface area contributed by atoms with Crippen molar-refractivity contribution >= 4 is 33.2 Å². The summed E-state index contributed by atoms with van der Waals surface area (Å²) in [5.74, 6) is -2.51. The van der Waals surface area contributed by atoms with Crippen LogP contribution in [0.15, 0.2) is 24.3 Å². The third-order valence-corrected chi connectivity index (χ3v) is 8.58. The summed E-state index contributed by atoms with van der Waals surface area (Å²) < 4.78 is 51.1. The third kappa shape index (κ3) is 6.19. The standard InChI is InChI=1S/C26H33F2N5O3S/c1-18-15-22(31-24(29-18)33-13-9-26(27,28)10-14-33)30-23(34)20-4-3-19(17-37(2,35)36)16-21(20)32-11-7-25(5-6-25)8-12-32/h3-4,15-16H,5-14,17H2,1-2H3,(H,29,30,31,34). The van der Waals surface area contributed by atoms with Gasteiger partial charge in [-0.2, -0.15) is 4.98 Å². The van der Waals surface area contributed by atoms with E-state index in [-0.39, 0.29) is 37.6 Å². The first-order valence-electron chi connectivity index (χ1n) is 12.8. The number of carbonyl (C=O) groups is 1. The Hall–Kier alpha value is -2.82. The number of nitrogens with zero attached hydrogens (tertiary/aromatic N) is 4. The van der Waals surface area contributed by atoms with Crippen LogP contribution in [0.1, 0.15) is 60.1 Å². The molecule has 0 bridgehead atoms. The minimum Gasteiger partial charge on any atom is -0.371 e. The van der Waals surface area contributed by atoms with Crippen LogP contribution in [0.4, 0.5) is 26.2 Å². The first-order valence-corrected chi connectivity index (χ1v) is 14.8. The van der Waals surface area contributed by atoms with Gasteiger partial charge in [0.2, 0.25) is 5.95 Å². The van der Waals surface area contributed by atoms with Crippen LogP contribution in [0.2, 0.25) is 0 Å². The van der Waals surface area contributed by atoms with Crippen molar-refractivity contribution in [3.8, 4) is 0 Å². The smallest absolute Gasteiger partial charge is 0.258 e. The first-order chi connectivity index (χ1) is 17.4. The highest BCUT2D eigenvalue weighted by Gasteiger charge is 2.44. The van der Waals surface area contributed by atoms with Crippen molar-refractivity contribution < 1.29 is 22.0 Å². The van der Waals surface area contributed by atoms with Gasteiger partial charge in [0.25, 0.3) is 11.8 Å². The van der Waals surface area contributed by atoms with Crippen LogP contribution in [0.3, 0.4) is 0 Å². The highest BCUT2D eigenvalue weighted by atomic mass is 32.2. The lowest BCUT2D eigenvalue weighted by molar-refractivity contribution is -0.0222. The molecule has 0 atom stereocenters. The molecule has 5 rings (SSSR count). The van der Waals surface area contributed by atoms with E-state index in [1.807, 2.05) is 6.07 Å². The lowest BCUT2D eigenvalue weighted by Crippen LogP contribution is -2.40. The predicted octanol–water partition coefficient (Wildman–Crippen LogP) is 4.20. The zero-order valence-electron chi connectivity index (χ0n) is 21.3. The van der Waals surface area contributed by atoms with E-state index in [9.17, 15) is 22.0 Å². The summed E-state index contributed by atoms with van der Waals surface area (Å²) in [4.78, 5) is 26.2. The van der Waals surface area contributed by atoms with Crippen LogP contribution in [-0.2, 0) is 15.6 Å². The molecule has 2 saturated heterocycles. The minimum absolute atomic E-state index is 0.0942. The first kappa shape index (κ1) is 25.8. The molecule has 1 saturated carbocycles. The molecule has 2 aromatic rings. The number of halogens is 2. The maximum atomic E-state index is 13.6. The van der Waals surface area contributed by atoms with E-state index < -0.39 is 15.8 Å². The van der Waals surface area contributed by atoms with Gasteiger partial charge in [-0.15, -0.1) is 0 Å². The largest absolute Gasteiger partial charge is 0.371 e. The normalized spacial score (nSPS) is 20.6. The molecular formula is C26H33F2N5O3S. The van der Waals surface area contributed by atoms with Crippen LogP contribution in [-0.4, -0.2) is 62.7 Å². The van der Waals surface area contributed by atoms with E-state index in [1.165, 1.54) is 19.1 Å². The van der Waals surface area contributed by atoms with Gasteiger partial charge in [-0.1, -0.05) is 6.07 Å². The highest BCUT2D eigenvalue weighted by Crippen LogP contribution is 2.54. The Morgan fingerprint density at radius 2 is 1.62 bits per heavy atom. The number of hydrogen-bond acceptors (Lipinski definition) is 7. The minimum atomic E-state index is -3.23. The fourth-order valence-corrected chi connectivity index (χ4v) is 6.08. The van der Waals surface area contributed by atoms with Crippen molar-refractivity contribution in [3.63, 3.8) is 0 Å². The van der Waals surface area contributed by atoms with Crippen molar-refractivity contribution in [2.24, 2.45) is 5.41 Å². The number of benzene rings is 1. The summed E-state index contributed by atoms with van der Waals surface area (Å²) in [6.45, 7) is 3.70. The van der Waals surface area contributed by atoms with E-state index >= 15 is 0 Å². The van der Waals surface area contributed by atoms with E-state index in [0.29, 0.717) is 34.0 Å². The topological polar surface area (TPSA) is 95.5 Å². The Morgan fingerprint density at radius 1 is 0.973 bits per heavy atom. The number of piperidine rings is 2. The number of carbonyl (C=O) groups excluding carboxylic acids is 1. The summed E-state index contributed by atoms with van der Waals surface area (Å²) in [5.41, 5.74) is 2.88. The maximum Gasteiger partial charge on any atom is 0.258 e. The number of amides is 1. The highest BCUT2D eigenvalue weighted by molar-refractivity contribution is 7.89. The van der Waals surface area contributed by atoms with Crippen LogP contribution in [0, 0.1) is 12.3 Å². The monoisotopic (exact) mass is 533 g/mol. The average molecular weight is 534 g/mol. The van der Waals surface area contributed by atoms with Gasteiger partial charge in [-0.3, -0.25) is 4.79 Å². The summed E-state index contributed by atoms with van der Waals surface area (Å²) in [7, 11) is -3.23. The average Bonchev–Trinajstić information content (AvgIpc) is 3.56. The van der Waals surface area contributed by atoms with Gasteiger partial charge in [0.05, 0.1) is 11.3 Å². The third-order valence-electron chi connectivity index (χ3n) is 7.72. The fourth-order valence-electron chi connectivity index (χ4n) is 5.30. The number of aromatic nitrogens is 2. The van der Waals surface area contributed by atoms with Crippen LogP contribution in [0.25, 0.3) is 0 Å². The number of rotatable bonds is 6. The Labute approximate surface area is 216 Å². The summed E-state index contributed by atoms with van der Waals surface area (Å²) in [5, 5.41) is 2.86. The van der Waals surface area contributed by atoms with Crippen molar-refractivity contribution in [2.75, 3.05) is 47.6 Å². The van der Waals surface area contributed by atoms with E-state index in [1.54, 1.807) is 30.0 Å². The number of nitrogens with one attached hydrogen (secondary N) is 1. The lowest BCUT2D eigenvalue weighted by atomic mass is 9.92. The van der Waals surface area contributed by atoms with E-state index in [4.69, 9.17) is 0 Å². The van der Waals surface area contributed by atoms with E-state index in [0.717, 1.165) is 31.6 Å². The zero-order chi connectivity index (χ0) is 26.4. The SMILES string of the molecule is Cc1cc(NC(=O)c2ccc(CS(C)(=O)=O)cc2N2CCC3(CC2)CC3)nc(N2CCC(F)(F)CC2)n1. The molecule has 3 heterocycles. The van der Waals surface area contributed by atoms with E-state index in [2.05, 4.69) is 20.2 Å². The molecule has 1 spiro atoms. The summed E-state index contributed by atoms with van der Waals surface area (Å²) >= 11 is 0. The predicted molar refractivity (Wildman–Crippen MR) is 139 cm³/mol. The number of sulfone groups is 1. The number of alkyl halides is 2. The molecule has 11 heteroatoms. The lowest BCUT2D eigenvalue weighted by Gasteiger charge is -2.35. The Balaban J connectivity index is 1.39. The van der Waals surface area contributed by atoms with Gasteiger partial charge in [-0.05, 0) is 55.7 Å². The molecule has 1 amide bonds. The second-order valence-corrected chi connectivity index (χ2v) is 13.0. The molecule has 1 aromatic carbocycles. The van der Waals surface area contributed by atoms with Gasteiger partial charge in [-0.25, -0.2) is 22.2 Å². The number of hydrogen-bond donors (Lipinski definition) is 1. The molecule has 3 fully saturated rings. The Bertz CT molecular complexity index is 1290. The van der Waals surface area contributed by atoms with Crippen molar-refractivity contribution in [2.45, 2.75) is 57.1 Å². The van der Waals surface area contributed by atoms with Crippen LogP contribution in [0.5, 0.6) is 0 Å². The fraction of sp³-hybridized carbons (Fsp3) is 0.577. The van der Waals surface area contributed by atoms with Crippen molar-refractivity contribution in [1.82, 2.24) is 9.97 Å². The Kier molecular flexibility index (Phi) is 6.62. The molecule has 1 N–H and O–H groups in total.